The number of hydrogen-bond donors (Lipinski definition) is 3. The first-order chi connectivity index (χ1) is 15.2. The standard InChI is InChI=1S/C16H15FN4O2S.C4H4O4/c1-18-8-12-7-16(14-4-6-20-10-15(14)17)21(11-12)24(22,23)13-3-2-5-19-9-13;5-3(6)1-2-4(7)8/h2-7,9-11,18H,8H2,1H3;1-2H,(H,5,6)(H,7,8)/b;2-1+. The summed E-state index contributed by atoms with van der Waals surface area (Å²) in [5.41, 5.74) is 1.12. The van der Waals surface area contributed by atoms with Gasteiger partial charge in [0.15, 0.2) is 5.82 Å². The van der Waals surface area contributed by atoms with Crippen LogP contribution in [-0.2, 0) is 26.2 Å². The molecule has 0 radical (unpaired) electrons. The number of halogens is 1. The van der Waals surface area contributed by atoms with Gasteiger partial charge in [-0.15, -0.1) is 0 Å². The first kappa shape index (κ1) is 24.4. The molecule has 0 fully saturated rings. The summed E-state index contributed by atoms with van der Waals surface area (Å²) in [6.45, 7) is 0.454. The predicted molar refractivity (Wildman–Crippen MR) is 112 cm³/mol. The zero-order valence-electron chi connectivity index (χ0n) is 16.7. The van der Waals surface area contributed by atoms with E-state index in [1.54, 1.807) is 13.1 Å². The van der Waals surface area contributed by atoms with E-state index in [-0.39, 0.29) is 16.2 Å². The molecule has 0 amide bonds. The van der Waals surface area contributed by atoms with Gasteiger partial charge >= 0.3 is 11.9 Å². The number of carboxylic acids is 2. The average molecular weight is 462 g/mol. The highest BCUT2D eigenvalue weighted by Gasteiger charge is 2.23. The summed E-state index contributed by atoms with van der Waals surface area (Å²) in [4.78, 5) is 26.7. The van der Waals surface area contributed by atoms with Crippen LogP contribution < -0.4 is 5.32 Å². The van der Waals surface area contributed by atoms with Crippen molar-refractivity contribution in [1.29, 1.82) is 0 Å². The van der Waals surface area contributed by atoms with E-state index in [0.717, 1.165) is 15.7 Å². The first-order valence-corrected chi connectivity index (χ1v) is 10.4. The minimum Gasteiger partial charge on any atom is -0.478 e. The summed E-state index contributed by atoms with van der Waals surface area (Å²) >= 11 is 0. The van der Waals surface area contributed by atoms with Gasteiger partial charge in [-0.3, -0.25) is 9.97 Å². The molecule has 3 aromatic heterocycles. The maximum absolute atomic E-state index is 14.1. The molecule has 0 saturated heterocycles. The Labute approximate surface area is 182 Å². The minimum atomic E-state index is -3.89. The molecule has 0 unspecified atom stereocenters. The maximum atomic E-state index is 14.1. The molecule has 3 N–H and O–H groups in total. The summed E-state index contributed by atoms with van der Waals surface area (Å²) in [6, 6.07) is 6.08. The fourth-order valence-electron chi connectivity index (χ4n) is 2.53. The highest BCUT2D eigenvalue weighted by Crippen LogP contribution is 2.28. The number of aliphatic carboxylic acids is 2. The lowest BCUT2D eigenvalue weighted by Gasteiger charge is -2.10. The quantitative estimate of drug-likeness (QED) is 0.446. The summed E-state index contributed by atoms with van der Waals surface area (Å²) in [6.07, 6.45) is 7.83. The summed E-state index contributed by atoms with van der Waals surface area (Å²) in [5, 5.41) is 18.6. The van der Waals surface area contributed by atoms with Crippen LogP contribution in [0.1, 0.15) is 5.56 Å². The molecule has 32 heavy (non-hydrogen) atoms. The van der Waals surface area contributed by atoms with Gasteiger partial charge in [0.05, 0.1) is 11.9 Å². The smallest absolute Gasteiger partial charge is 0.328 e. The molecular weight excluding hydrogens is 443 g/mol. The molecule has 0 aromatic carbocycles. The Morgan fingerprint density at radius 1 is 1.12 bits per heavy atom. The lowest BCUT2D eigenvalue weighted by atomic mass is 10.2. The van der Waals surface area contributed by atoms with Crippen LogP contribution in [0.25, 0.3) is 11.3 Å². The summed E-state index contributed by atoms with van der Waals surface area (Å²) in [7, 11) is -2.14. The lowest BCUT2D eigenvalue weighted by Crippen LogP contribution is -2.14. The first-order valence-electron chi connectivity index (χ1n) is 8.92. The second-order valence-electron chi connectivity index (χ2n) is 6.12. The fourth-order valence-corrected chi connectivity index (χ4v) is 3.89. The molecule has 3 rings (SSSR count). The van der Waals surface area contributed by atoms with Crippen molar-refractivity contribution in [2.75, 3.05) is 7.05 Å². The van der Waals surface area contributed by atoms with Gasteiger partial charge in [-0.05, 0) is 36.9 Å². The van der Waals surface area contributed by atoms with Crippen molar-refractivity contribution in [3.8, 4) is 11.3 Å². The normalized spacial score (nSPS) is 11.1. The van der Waals surface area contributed by atoms with E-state index in [1.165, 1.54) is 43.0 Å². The van der Waals surface area contributed by atoms with Gasteiger partial charge in [-0.2, -0.15) is 0 Å². The van der Waals surface area contributed by atoms with Crippen molar-refractivity contribution in [3.63, 3.8) is 0 Å². The Kier molecular flexibility index (Phi) is 8.32. The third-order valence-electron chi connectivity index (χ3n) is 3.83. The zero-order chi connectivity index (χ0) is 23.7. The molecule has 0 aliphatic rings. The van der Waals surface area contributed by atoms with Gasteiger partial charge in [0.25, 0.3) is 10.0 Å². The topological polar surface area (TPSA) is 151 Å². The molecule has 0 bridgehead atoms. The molecule has 168 valence electrons. The molecule has 3 aromatic rings. The minimum absolute atomic E-state index is 0.0346. The molecule has 3 heterocycles. The molecule has 0 saturated carbocycles. The van der Waals surface area contributed by atoms with E-state index in [4.69, 9.17) is 10.2 Å². The van der Waals surface area contributed by atoms with Crippen LogP contribution in [0.15, 0.2) is 72.3 Å². The lowest BCUT2D eigenvalue weighted by molar-refractivity contribution is -0.134. The Hall–Kier alpha value is -3.90. The maximum Gasteiger partial charge on any atom is 0.328 e. The molecule has 0 aliphatic heterocycles. The molecular formula is C20H19FN4O6S. The Morgan fingerprint density at radius 2 is 1.78 bits per heavy atom. The number of carboxylic acid groups (broad SMARTS) is 2. The van der Waals surface area contributed by atoms with Crippen LogP contribution in [0, 0.1) is 5.82 Å². The third-order valence-corrected chi connectivity index (χ3v) is 5.49. The highest BCUT2D eigenvalue weighted by atomic mass is 32.2. The summed E-state index contributed by atoms with van der Waals surface area (Å²) in [5.74, 6) is -3.10. The van der Waals surface area contributed by atoms with Crippen molar-refractivity contribution < 1.29 is 32.6 Å². The van der Waals surface area contributed by atoms with Gasteiger partial charge < -0.3 is 15.5 Å². The SMILES string of the molecule is CNCc1cc(-c2ccncc2F)n(S(=O)(=O)c2cccnc2)c1.O=C(O)/C=C/C(=O)O. The third kappa shape index (κ3) is 6.30. The number of aromatic nitrogens is 3. The fraction of sp³-hybridized carbons (Fsp3) is 0.100. The largest absolute Gasteiger partial charge is 0.478 e. The summed E-state index contributed by atoms with van der Waals surface area (Å²) < 4.78 is 41.1. The van der Waals surface area contributed by atoms with Crippen molar-refractivity contribution in [2.24, 2.45) is 0 Å². The Morgan fingerprint density at radius 3 is 2.31 bits per heavy atom. The van der Waals surface area contributed by atoms with Crippen molar-refractivity contribution in [3.05, 3.63) is 78.8 Å². The average Bonchev–Trinajstić information content (AvgIpc) is 3.18. The van der Waals surface area contributed by atoms with Crippen LogP contribution in [0.2, 0.25) is 0 Å². The van der Waals surface area contributed by atoms with Crippen molar-refractivity contribution in [2.45, 2.75) is 11.4 Å². The van der Waals surface area contributed by atoms with E-state index >= 15 is 0 Å². The van der Waals surface area contributed by atoms with Crippen LogP contribution in [0.3, 0.4) is 0 Å². The van der Waals surface area contributed by atoms with E-state index in [2.05, 4.69) is 15.3 Å². The van der Waals surface area contributed by atoms with Gasteiger partial charge in [-0.1, -0.05) is 0 Å². The zero-order valence-corrected chi connectivity index (χ0v) is 17.5. The van der Waals surface area contributed by atoms with Gasteiger partial charge in [-0.25, -0.2) is 26.4 Å². The molecule has 10 nitrogen and oxygen atoms in total. The Balaban J connectivity index is 0.000000390. The second kappa shape index (κ2) is 10.9. The van der Waals surface area contributed by atoms with E-state index in [0.29, 0.717) is 18.7 Å². The molecule has 0 spiro atoms. The number of pyridine rings is 2. The molecule has 12 heteroatoms. The van der Waals surface area contributed by atoms with Crippen molar-refractivity contribution in [1.82, 2.24) is 19.3 Å². The Bertz CT molecular complexity index is 1210. The predicted octanol–water partition coefficient (Wildman–Crippen LogP) is 1.75. The number of hydrogen-bond acceptors (Lipinski definition) is 7. The van der Waals surface area contributed by atoms with Crippen molar-refractivity contribution >= 4 is 22.0 Å². The van der Waals surface area contributed by atoms with E-state index < -0.39 is 27.8 Å². The van der Waals surface area contributed by atoms with E-state index in [9.17, 15) is 22.4 Å². The van der Waals surface area contributed by atoms with Gasteiger partial charge in [0.1, 0.15) is 4.90 Å². The van der Waals surface area contributed by atoms with Gasteiger partial charge in [0, 0.05) is 49.0 Å². The number of rotatable bonds is 7. The van der Waals surface area contributed by atoms with Gasteiger partial charge in [0.2, 0.25) is 0 Å². The second-order valence-corrected chi connectivity index (χ2v) is 7.93. The molecule has 0 atom stereocenters. The highest BCUT2D eigenvalue weighted by molar-refractivity contribution is 7.90. The number of nitrogens with zero attached hydrogens (tertiary/aromatic N) is 3. The monoisotopic (exact) mass is 462 g/mol. The van der Waals surface area contributed by atoms with Crippen LogP contribution in [0.4, 0.5) is 4.39 Å². The number of carbonyl (C=O) groups is 2. The number of nitrogens with one attached hydrogen (secondary N) is 1. The van der Waals surface area contributed by atoms with Crippen LogP contribution >= 0.6 is 0 Å². The van der Waals surface area contributed by atoms with E-state index in [1.807, 2.05) is 0 Å². The van der Waals surface area contributed by atoms with Crippen LogP contribution in [-0.4, -0.2) is 51.6 Å². The van der Waals surface area contributed by atoms with Crippen LogP contribution in [0.5, 0.6) is 0 Å². The molecule has 0 aliphatic carbocycles.